The maximum Gasteiger partial charge on any atom is 0.275 e. The predicted octanol–water partition coefficient (Wildman–Crippen LogP) is 3.04. The van der Waals surface area contributed by atoms with Gasteiger partial charge in [0.1, 0.15) is 5.69 Å². The van der Waals surface area contributed by atoms with E-state index in [2.05, 4.69) is 20.6 Å². The van der Waals surface area contributed by atoms with Gasteiger partial charge in [-0.15, -0.1) is 11.3 Å². The zero-order valence-corrected chi connectivity index (χ0v) is 12.7. The minimum Gasteiger partial charge on any atom is -0.321 e. The van der Waals surface area contributed by atoms with Gasteiger partial charge in [-0.05, 0) is 35.7 Å². The summed E-state index contributed by atoms with van der Waals surface area (Å²) in [5.41, 5.74) is 1.50. The summed E-state index contributed by atoms with van der Waals surface area (Å²) in [6.45, 7) is 0. The fourth-order valence-corrected chi connectivity index (χ4v) is 2.47. The van der Waals surface area contributed by atoms with Crippen LogP contribution in [0.5, 0.6) is 0 Å². The fraction of sp³-hybridized carbons (Fsp3) is 0. The largest absolute Gasteiger partial charge is 0.321 e. The van der Waals surface area contributed by atoms with E-state index in [0.717, 1.165) is 0 Å². The molecule has 2 amide bonds. The van der Waals surface area contributed by atoms with E-state index < -0.39 is 0 Å². The Morgan fingerprint density at radius 1 is 0.913 bits per heavy atom. The number of rotatable bonds is 4. The quantitative estimate of drug-likeness (QED) is 0.772. The van der Waals surface area contributed by atoms with Gasteiger partial charge in [0.15, 0.2) is 0 Å². The Kier molecular flexibility index (Phi) is 4.39. The van der Waals surface area contributed by atoms with Gasteiger partial charge < -0.3 is 10.6 Å². The molecule has 0 spiro atoms. The molecule has 2 aromatic heterocycles. The topological polar surface area (TPSA) is 84.0 Å². The number of hydrogen-bond acceptors (Lipinski definition) is 5. The molecule has 0 bridgehead atoms. The number of anilines is 2. The molecule has 0 aliphatic carbocycles. The lowest BCUT2D eigenvalue weighted by Gasteiger charge is -2.07. The third kappa shape index (κ3) is 3.78. The smallest absolute Gasteiger partial charge is 0.275 e. The second-order valence-electron chi connectivity index (χ2n) is 4.55. The van der Waals surface area contributed by atoms with Gasteiger partial charge in [0.2, 0.25) is 0 Å². The minimum absolute atomic E-state index is 0.156. The summed E-state index contributed by atoms with van der Waals surface area (Å²) >= 11 is 1.38. The Bertz CT molecular complexity index is 802. The minimum atomic E-state index is -0.339. The van der Waals surface area contributed by atoms with Crippen molar-refractivity contribution in [3.8, 4) is 0 Å². The standard InChI is InChI=1S/C16H12N4O2S/c21-15(13-10-17-7-8-18-13)19-11-3-5-12(6-4-11)20-16(22)14-2-1-9-23-14/h1-10H,(H,19,21)(H,20,22). The van der Waals surface area contributed by atoms with Crippen molar-refractivity contribution in [3.63, 3.8) is 0 Å². The zero-order chi connectivity index (χ0) is 16.1. The second-order valence-corrected chi connectivity index (χ2v) is 5.50. The van der Waals surface area contributed by atoms with Crippen molar-refractivity contribution in [1.82, 2.24) is 9.97 Å². The first-order valence-corrected chi connectivity index (χ1v) is 7.62. The van der Waals surface area contributed by atoms with Crippen molar-refractivity contribution < 1.29 is 9.59 Å². The average molecular weight is 324 g/mol. The van der Waals surface area contributed by atoms with Gasteiger partial charge in [-0.1, -0.05) is 6.07 Å². The lowest BCUT2D eigenvalue weighted by molar-refractivity contribution is 0.101. The molecule has 2 heterocycles. The molecule has 0 atom stereocenters. The summed E-state index contributed by atoms with van der Waals surface area (Å²) in [5.74, 6) is -0.496. The summed E-state index contributed by atoms with van der Waals surface area (Å²) in [6, 6.07) is 10.4. The van der Waals surface area contributed by atoms with Gasteiger partial charge >= 0.3 is 0 Å². The van der Waals surface area contributed by atoms with Gasteiger partial charge in [0.05, 0.1) is 11.1 Å². The fourth-order valence-electron chi connectivity index (χ4n) is 1.85. The van der Waals surface area contributed by atoms with Crippen molar-refractivity contribution >= 4 is 34.5 Å². The highest BCUT2D eigenvalue weighted by atomic mass is 32.1. The molecular formula is C16H12N4O2S. The SMILES string of the molecule is O=C(Nc1ccc(NC(=O)c2cccs2)cc1)c1cnccn1. The number of nitrogens with one attached hydrogen (secondary N) is 2. The Morgan fingerprint density at radius 2 is 1.61 bits per heavy atom. The van der Waals surface area contributed by atoms with E-state index >= 15 is 0 Å². The number of aromatic nitrogens is 2. The molecule has 2 N–H and O–H groups in total. The Labute approximate surface area is 136 Å². The molecule has 0 saturated heterocycles. The number of benzene rings is 1. The van der Waals surface area contributed by atoms with E-state index in [1.54, 1.807) is 30.3 Å². The number of carbonyl (C=O) groups is 2. The number of thiophene rings is 1. The molecule has 1 aromatic carbocycles. The van der Waals surface area contributed by atoms with Crippen molar-refractivity contribution in [2.45, 2.75) is 0 Å². The Balaban J connectivity index is 1.63. The van der Waals surface area contributed by atoms with E-state index in [4.69, 9.17) is 0 Å². The number of carbonyl (C=O) groups excluding carboxylic acids is 2. The van der Waals surface area contributed by atoms with Crippen LogP contribution in [0.4, 0.5) is 11.4 Å². The maximum atomic E-state index is 12.0. The average Bonchev–Trinajstić information content (AvgIpc) is 3.12. The summed E-state index contributed by atoms with van der Waals surface area (Å²) in [6.07, 6.45) is 4.35. The van der Waals surface area contributed by atoms with Crippen LogP contribution in [0.3, 0.4) is 0 Å². The third-order valence-corrected chi connectivity index (χ3v) is 3.81. The monoisotopic (exact) mass is 324 g/mol. The van der Waals surface area contributed by atoms with Gasteiger partial charge in [-0.3, -0.25) is 14.6 Å². The van der Waals surface area contributed by atoms with Crippen LogP contribution in [0.1, 0.15) is 20.2 Å². The van der Waals surface area contributed by atoms with Crippen LogP contribution in [0, 0.1) is 0 Å². The van der Waals surface area contributed by atoms with Crippen LogP contribution in [-0.4, -0.2) is 21.8 Å². The summed E-state index contributed by atoms with van der Waals surface area (Å²) in [5, 5.41) is 7.35. The van der Waals surface area contributed by atoms with Crippen molar-refractivity contribution in [3.05, 3.63) is 70.9 Å². The van der Waals surface area contributed by atoms with Gasteiger partial charge in [0, 0.05) is 23.8 Å². The normalized spacial score (nSPS) is 10.1. The highest BCUT2D eigenvalue weighted by molar-refractivity contribution is 7.12. The molecule has 3 aromatic rings. The van der Waals surface area contributed by atoms with E-state index in [9.17, 15) is 9.59 Å². The van der Waals surface area contributed by atoms with E-state index in [1.807, 2.05) is 11.4 Å². The first-order chi connectivity index (χ1) is 11.2. The molecule has 6 nitrogen and oxygen atoms in total. The summed E-state index contributed by atoms with van der Waals surface area (Å²) in [4.78, 5) is 32.3. The molecule has 23 heavy (non-hydrogen) atoms. The van der Waals surface area contributed by atoms with Crippen LogP contribution >= 0.6 is 11.3 Å². The number of nitrogens with zero attached hydrogens (tertiary/aromatic N) is 2. The first kappa shape index (κ1) is 14.9. The summed E-state index contributed by atoms with van der Waals surface area (Å²) in [7, 11) is 0. The van der Waals surface area contributed by atoms with Crippen molar-refractivity contribution in [2.24, 2.45) is 0 Å². The van der Waals surface area contributed by atoms with Crippen LogP contribution in [-0.2, 0) is 0 Å². The highest BCUT2D eigenvalue weighted by Gasteiger charge is 2.09. The molecule has 3 rings (SSSR count). The second kappa shape index (κ2) is 6.80. The zero-order valence-electron chi connectivity index (χ0n) is 11.9. The Hall–Kier alpha value is -3.06. The molecule has 7 heteroatoms. The van der Waals surface area contributed by atoms with E-state index in [-0.39, 0.29) is 17.5 Å². The van der Waals surface area contributed by atoms with Crippen molar-refractivity contribution in [2.75, 3.05) is 10.6 Å². The molecule has 0 saturated carbocycles. The lowest BCUT2D eigenvalue weighted by atomic mass is 10.2. The molecule has 0 fully saturated rings. The maximum absolute atomic E-state index is 12.0. The first-order valence-electron chi connectivity index (χ1n) is 6.74. The van der Waals surface area contributed by atoms with E-state index in [0.29, 0.717) is 16.3 Å². The number of amides is 2. The number of hydrogen-bond donors (Lipinski definition) is 2. The molecule has 0 aliphatic heterocycles. The van der Waals surface area contributed by atoms with Gasteiger partial charge in [-0.2, -0.15) is 0 Å². The van der Waals surface area contributed by atoms with Crippen LogP contribution in [0.25, 0.3) is 0 Å². The van der Waals surface area contributed by atoms with Crippen LogP contribution < -0.4 is 10.6 Å². The molecule has 0 unspecified atom stereocenters. The molecular weight excluding hydrogens is 312 g/mol. The molecule has 0 aliphatic rings. The Morgan fingerprint density at radius 3 is 2.17 bits per heavy atom. The van der Waals surface area contributed by atoms with Gasteiger partial charge in [-0.25, -0.2) is 4.98 Å². The molecule has 114 valence electrons. The lowest BCUT2D eigenvalue weighted by Crippen LogP contribution is -2.14. The van der Waals surface area contributed by atoms with Crippen LogP contribution in [0.15, 0.2) is 60.4 Å². The van der Waals surface area contributed by atoms with Crippen molar-refractivity contribution in [1.29, 1.82) is 0 Å². The van der Waals surface area contributed by atoms with Crippen LogP contribution in [0.2, 0.25) is 0 Å². The molecule has 0 radical (unpaired) electrons. The third-order valence-electron chi connectivity index (χ3n) is 2.94. The highest BCUT2D eigenvalue weighted by Crippen LogP contribution is 2.16. The van der Waals surface area contributed by atoms with Gasteiger partial charge in [0.25, 0.3) is 11.8 Å². The summed E-state index contributed by atoms with van der Waals surface area (Å²) < 4.78 is 0. The predicted molar refractivity (Wildman–Crippen MR) is 88.7 cm³/mol. The van der Waals surface area contributed by atoms with E-state index in [1.165, 1.54) is 29.9 Å².